The highest BCUT2D eigenvalue weighted by Crippen LogP contribution is 2.26. The molecule has 0 aromatic carbocycles. The largest absolute Gasteiger partial charge is 0.383 e. The van der Waals surface area contributed by atoms with Crippen LogP contribution in [0.5, 0.6) is 0 Å². The van der Waals surface area contributed by atoms with Crippen molar-refractivity contribution in [2.75, 3.05) is 12.3 Å². The normalized spacial score (nSPS) is 15.9. The maximum atomic E-state index is 12.7. The van der Waals surface area contributed by atoms with Crippen molar-refractivity contribution in [1.82, 2.24) is 9.88 Å². The number of anilines is 1. The number of rotatable bonds is 4. The molecule has 1 aliphatic rings. The Hall–Kier alpha value is -1.58. The van der Waals surface area contributed by atoms with Crippen molar-refractivity contribution in [3.8, 4) is 0 Å². The summed E-state index contributed by atoms with van der Waals surface area (Å²) in [4.78, 5) is 18.7. The van der Waals surface area contributed by atoms with Crippen LogP contribution in [0.2, 0.25) is 0 Å². The molecule has 0 radical (unpaired) electrons. The number of nitrogens with two attached hydrogens (primary N) is 1. The van der Waals surface area contributed by atoms with Crippen LogP contribution in [0.1, 0.15) is 49.9 Å². The fraction of sp³-hybridized carbons (Fsp3) is 0.600. The zero-order valence-electron chi connectivity index (χ0n) is 11.8. The molecule has 1 fully saturated rings. The van der Waals surface area contributed by atoms with Gasteiger partial charge in [0.05, 0.1) is 5.56 Å². The van der Waals surface area contributed by atoms with E-state index in [-0.39, 0.29) is 5.91 Å². The van der Waals surface area contributed by atoms with E-state index in [0.29, 0.717) is 23.3 Å². The Balaban J connectivity index is 2.22. The smallest absolute Gasteiger partial charge is 0.257 e. The van der Waals surface area contributed by atoms with Crippen molar-refractivity contribution in [2.45, 2.75) is 45.6 Å². The van der Waals surface area contributed by atoms with Gasteiger partial charge in [-0.05, 0) is 30.9 Å². The lowest BCUT2D eigenvalue weighted by Crippen LogP contribution is -2.41. The van der Waals surface area contributed by atoms with E-state index in [1.54, 1.807) is 18.3 Å². The van der Waals surface area contributed by atoms with Crippen molar-refractivity contribution in [2.24, 2.45) is 5.92 Å². The number of nitrogens with zero attached hydrogens (tertiary/aromatic N) is 2. The van der Waals surface area contributed by atoms with Crippen LogP contribution in [0.15, 0.2) is 18.3 Å². The molecule has 0 unspecified atom stereocenters. The molecular formula is C15H23N3O. The molecule has 2 N–H and O–H groups in total. The summed E-state index contributed by atoms with van der Waals surface area (Å²) in [5.74, 6) is 0.827. The second-order valence-corrected chi connectivity index (χ2v) is 5.73. The minimum absolute atomic E-state index is 0.0335. The predicted molar refractivity (Wildman–Crippen MR) is 76.8 cm³/mol. The first kappa shape index (κ1) is 13.8. The molecule has 1 saturated carbocycles. The lowest BCUT2D eigenvalue weighted by molar-refractivity contribution is 0.0656. The van der Waals surface area contributed by atoms with Crippen molar-refractivity contribution < 1.29 is 4.79 Å². The average Bonchev–Trinajstić information content (AvgIpc) is 2.89. The lowest BCUT2D eigenvalue weighted by Gasteiger charge is -2.31. The molecule has 0 atom stereocenters. The molecule has 0 aliphatic heterocycles. The summed E-state index contributed by atoms with van der Waals surface area (Å²) in [7, 11) is 0. The van der Waals surface area contributed by atoms with Crippen LogP contribution in [0.3, 0.4) is 0 Å². The van der Waals surface area contributed by atoms with Crippen molar-refractivity contribution in [1.29, 1.82) is 0 Å². The minimum Gasteiger partial charge on any atom is -0.383 e. The van der Waals surface area contributed by atoms with E-state index >= 15 is 0 Å². The molecule has 1 aromatic heterocycles. The molecule has 1 aromatic rings. The number of hydrogen-bond acceptors (Lipinski definition) is 3. The number of pyridine rings is 1. The fourth-order valence-corrected chi connectivity index (χ4v) is 2.76. The Bertz CT molecular complexity index is 439. The third-order valence-electron chi connectivity index (χ3n) is 3.66. The summed E-state index contributed by atoms with van der Waals surface area (Å²) in [6.07, 6.45) is 6.27. The highest BCUT2D eigenvalue weighted by atomic mass is 16.2. The lowest BCUT2D eigenvalue weighted by atomic mass is 10.1. The summed E-state index contributed by atoms with van der Waals surface area (Å²) in [6, 6.07) is 3.91. The predicted octanol–water partition coefficient (Wildman–Crippen LogP) is 2.70. The van der Waals surface area contributed by atoms with E-state index in [2.05, 4.69) is 18.8 Å². The number of hydrogen-bond donors (Lipinski definition) is 1. The van der Waals surface area contributed by atoms with Gasteiger partial charge in [-0.25, -0.2) is 4.98 Å². The molecule has 1 amide bonds. The summed E-state index contributed by atoms with van der Waals surface area (Å²) < 4.78 is 0. The zero-order valence-corrected chi connectivity index (χ0v) is 11.8. The highest BCUT2D eigenvalue weighted by molar-refractivity contribution is 5.98. The SMILES string of the molecule is CC(C)CN(C(=O)c1cccnc1N)C1CCCC1. The number of amides is 1. The van der Waals surface area contributed by atoms with Crippen LogP contribution in [-0.4, -0.2) is 28.4 Å². The summed E-state index contributed by atoms with van der Waals surface area (Å²) >= 11 is 0. The topological polar surface area (TPSA) is 59.2 Å². The molecule has 1 heterocycles. The van der Waals surface area contributed by atoms with E-state index in [1.807, 2.05) is 4.90 Å². The van der Waals surface area contributed by atoms with Crippen LogP contribution in [0, 0.1) is 5.92 Å². The molecular weight excluding hydrogens is 238 g/mol. The van der Waals surface area contributed by atoms with Crippen LogP contribution in [0.4, 0.5) is 5.82 Å². The van der Waals surface area contributed by atoms with Gasteiger partial charge in [-0.2, -0.15) is 0 Å². The zero-order chi connectivity index (χ0) is 13.8. The van der Waals surface area contributed by atoms with Crippen LogP contribution in [-0.2, 0) is 0 Å². The van der Waals surface area contributed by atoms with Gasteiger partial charge in [0, 0.05) is 18.8 Å². The summed E-state index contributed by atoms with van der Waals surface area (Å²) in [5, 5.41) is 0. The summed E-state index contributed by atoms with van der Waals surface area (Å²) in [5.41, 5.74) is 6.37. The van der Waals surface area contributed by atoms with Gasteiger partial charge in [0.2, 0.25) is 0 Å². The van der Waals surface area contributed by atoms with E-state index in [4.69, 9.17) is 5.73 Å². The van der Waals surface area contributed by atoms with Gasteiger partial charge in [0.15, 0.2) is 0 Å². The van der Waals surface area contributed by atoms with Gasteiger partial charge in [-0.1, -0.05) is 26.7 Å². The first-order valence-electron chi connectivity index (χ1n) is 7.11. The number of carbonyl (C=O) groups is 1. The van der Waals surface area contributed by atoms with Crippen molar-refractivity contribution >= 4 is 11.7 Å². The van der Waals surface area contributed by atoms with Gasteiger partial charge in [-0.3, -0.25) is 4.79 Å². The Labute approximate surface area is 115 Å². The fourth-order valence-electron chi connectivity index (χ4n) is 2.76. The van der Waals surface area contributed by atoms with Gasteiger partial charge in [0.1, 0.15) is 5.82 Å². The third-order valence-corrected chi connectivity index (χ3v) is 3.66. The maximum absolute atomic E-state index is 12.7. The second kappa shape index (κ2) is 6.04. The standard InChI is InChI=1S/C15H23N3O/c1-11(2)10-18(12-6-3-4-7-12)15(19)13-8-5-9-17-14(13)16/h5,8-9,11-12H,3-4,6-7,10H2,1-2H3,(H2,16,17). The summed E-state index contributed by atoms with van der Waals surface area (Å²) in [6.45, 7) is 5.07. The van der Waals surface area contributed by atoms with Crippen molar-refractivity contribution in [3.63, 3.8) is 0 Å². The molecule has 0 saturated heterocycles. The minimum atomic E-state index is 0.0335. The van der Waals surface area contributed by atoms with E-state index in [1.165, 1.54) is 12.8 Å². The number of nitrogen functional groups attached to an aromatic ring is 1. The van der Waals surface area contributed by atoms with E-state index in [9.17, 15) is 4.79 Å². The van der Waals surface area contributed by atoms with Gasteiger partial charge < -0.3 is 10.6 Å². The molecule has 104 valence electrons. The monoisotopic (exact) mass is 261 g/mol. The molecule has 4 heteroatoms. The number of carbonyl (C=O) groups excluding carboxylic acids is 1. The second-order valence-electron chi connectivity index (χ2n) is 5.73. The molecule has 0 spiro atoms. The van der Waals surface area contributed by atoms with Gasteiger partial charge in [0.25, 0.3) is 5.91 Å². The first-order chi connectivity index (χ1) is 9.09. The Morgan fingerprint density at radius 1 is 1.47 bits per heavy atom. The van der Waals surface area contributed by atoms with Gasteiger partial charge in [-0.15, -0.1) is 0 Å². The third kappa shape index (κ3) is 3.25. The quantitative estimate of drug-likeness (QED) is 0.906. The molecule has 2 rings (SSSR count). The van der Waals surface area contributed by atoms with Crippen LogP contribution < -0.4 is 5.73 Å². The number of aromatic nitrogens is 1. The molecule has 4 nitrogen and oxygen atoms in total. The van der Waals surface area contributed by atoms with Crippen LogP contribution in [0.25, 0.3) is 0 Å². The molecule has 19 heavy (non-hydrogen) atoms. The average molecular weight is 261 g/mol. The molecule has 1 aliphatic carbocycles. The van der Waals surface area contributed by atoms with E-state index in [0.717, 1.165) is 19.4 Å². The van der Waals surface area contributed by atoms with Gasteiger partial charge >= 0.3 is 0 Å². The first-order valence-corrected chi connectivity index (χ1v) is 7.11. The Kier molecular flexibility index (Phi) is 4.40. The molecule has 0 bridgehead atoms. The maximum Gasteiger partial charge on any atom is 0.257 e. The van der Waals surface area contributed by atoms with Crippen molar-refractivity contribution in [3.05, 3.63) is 23.9 Å². The van der Waals surface area contributed by atoms with E-state index < -0.39 is 0 Å². The Morgan fingerprint density at radius 3 is 2.74 bits per heavy atom. The highest BCUT2D eigenvalue weighted by Gasteiger charge is 2.28. The Morgan fingerprint density at radius 2 is 2.16 bits per heavy atom. The van der Waals surface area contributed by atoms with Crippen LogP contribution >= 0.6 is 0 Å².